The SMILES string of the molecule is CCC(C)NC(=O)c1cccc(NS(=O)(=O)c2ccccc2)c1. The molecular formula is C17H20N2O3S. The molecule has 122 valence electrons. The van der Waals surface area contributed by atoms with Crippen LogP contribution in [-0.2, 0) is 10.0 Å². The van der Waals surface area contributed by atoms with E-state index >= 15 is 0 Å². The van der Waals surface area contributed by atoms with Crippen LogP contribution in [0.2, 0.25) is 0 Å². The lowest BCUT2D eigenvalue weighted by molar-refractivity contribution is 0.0939. The summed E-state index contributed by atoms with van der Waals surface area (Å²) in [6.07, 6.45) is 0.825. The Balaban J connectivity index is 2.19. The third-order valence-electron chi connectivity index (χ3n) is 3.42. The molecule has 1 atom stereocenters. The number of sulfonamides is 1. The second kappa shape index (κ2) is 7.28. The lowest BCUT2D eigenvalue weighted by Gasteiger charge is -2.13. The smallest absolute Gasteiger partial charge is 0.261 e. The van der Waals surface area contributed by atoms with Crippen molar-refractivity contribution in [3.63, 3.8) is 0 Å². The van der Waals surface area contributed by atoms with Gasteiger partial charge in [0.25, 0.3) is 15.9 Å². The molecule has 0 aromatic heterocycles. The molecular weight excluding hydrogens is 312 g/mol. The fourth-order valence-corrected chi connectivity index (χ4v) is 3.02. The van der Waals surface area contributed by atoms with Crippen molar-refractivity contribution in [3.05, 3.63) is 60.2 Å². The van der Waals surface area contributed by atoms with Gasteiger partial charge in [0.1, 0.15) is 0 Å². The van der Waals surface area contributed by atoms with Crippen molar-refractivity contribution in [2.24, 2.45) is 0 Å². The first-order valence-electron chi connectivity index (χ1n) is 7.41. The highest BCUT2D eigenvalue weighted by atomic mass is 32.2. The molecule has 0 radical (unpaired) electrons. The van der Waals surface area contributed by atoms with Gasteiger partial charge in [-0.15, -0.1) is 0 Å². The maximum absolute atomic E-state index is 12.3. The summed E-state index contributed by atoms with van der Waals surface area (Å²) in [4.78, 5) is 12.3. The van der Waals surface area contributed by atoms with E-state index in [1.165, 1.54) is 18.2 Å². The van der Waals surface area contributed by atoms with E-state index in [1.54, 1.807) is 36.4 Å². The maximum atomic E-state index is 12.3. The molecule has 0 aliphatic rings. The zero-order chi connectivity index (χ0) is 16.9. The van der Waals surface area contributed by atoms with Gasteiger partial charge in [-0.3, -0.25) is 9.52 Å². The van der Waals surface area contributed by atoms with Gasteiger partial charge >= 0.3 is 0 Å². The van der Waals surface area contributed by atoms with Crippen LogP contribution >= 0.6 is 0 Å². The second-order valence-electron chi connectivity index (χ2n) is 5.28. The predicted molar refractivity (Wildman–Crippen MR) is 90.9 cm³/mol. The Hall–Kier alpha value is -2.34. The monoisotopic (exact) mass is 332 g/mol. The number of benzene rings is 2. The number of anilines is 1. The Bertz CT molecular complexity index is 773. The number of amides is 1. The topological polar surface area (TPSA) is 75.3 Å². The normalized spacial score (nSPS) is 12.4. The molecule has 0 aliphatic heterocycles. The van der Waals surface area contributed by atoms with Crippen LogP contribution in [0.25, 0.3) is 0 Å². The number of carbonyl (C=O) groups excluding carboxylic acids is 1. The minimum atomic E-state index is -3.67. The number of hydrogen-bond acceptors (Lipinski definition) is 3. The molecule has 2 aromatic carbocycles. The summed E-state index contributed by atoms with van der Waals surface area (Å²) in [5, 5.41) is 2.85. The quantitative estimate of drug-likeness (QED) is 0.854. The number of carbonyl (C=O) groups is 1. The first-order valence-corrected chi connectivity index (χ1v) is 8.89. The largest absolute Gasteiger partial charge is 0.350 e. The van der Waals surface area contributed by atoms with Crippen molar-refractivity contribution < 1.29 is 13.2 Å². The molecule has 0 bridgehead atoms. The Kier molecular flexibility index (Phi) is 5.39. The van der Waals surface area contributed by atoms with Gasteiger partial charge in [0.05, 0.1) is 4.90 Å². The van der Waals surface area contributed by atoms with E-state index in [9.17, 15) is 13.2 Å². The lowest BCUT2D eigenvalue weighted by atomic mass is 10.1. The number of rotatable bonds is 6. The summed E-state index contributed by atoms with van der Waals surface area (Å²) in [6.45, 7) is 3.90. The molecule has 0 saturated carbocycles. The molecule has 0 aliphatic carbocycles. The van der Waals surface area contributed by atoms with Crippen LogP contribution in [0.5, 0.6) is 0 Å². The third-order valence-corrected chi connectivity index (χ3v) is 4.82. The molecule has 2 N–H and O–H groups in total. The van der Waals surface area contributed by atoms with Crippen molar-refractivity contribution in [2.45, 2.75) is 31.2 Å². The van der Waals surface area contributed by atoms with Crippen LogP contribution in [0.1, 0.15) is 30.6 Å². The Morgan fingerprint density at radius 2 is 1.78 bits per heavy atom. The molecule has 0 spiro atoms. The van der Waals surface area contributed by atoms with Crippen molar-refractivity contribution in [1.82, 2.24) is 5.32 Å². The van der Waals surface area contributed by atoms with Gasteiger partial charge in [-0.05, 0) is 43.7 Å². The van der Waals surface area contributed by atoms with Crippen molar-refractivity contribution in [1.29, 1.82) is 0 Å². The van der Waals surface area contributed by atoms with Crippen LogP contribution in [0.3, 0.4) is 0 Å². The summed E-state index contributed by atoms with van der Waals surface area (Å²) in [5.74, 6) is -0.222. The number of nitrogens with one attached hydrogen (secondary N) is 2. The second-order valence-corrected chi connectivity index (χ2v) is 6.96. The van der Waals surface area contributed by atoms with E-state index in [4.69, 9.17) is 0 Å². The summed E-state index contributed by atoms with van der Waals surface area (Å²) in [6, 6.07) is 14.6. The standard InChI is InChI=1S/C17H20N2O3S/c1-3-13(2)18-17(20)14-8-7-9-15(12-14)19-23(21,22)16-10-5-4-6-11-16/h4-13,19H,3H2,1-2H3,(H,18,20). The fraction of sp³-hybridized carbons (Fsp3) is 0.235. The zero-order valence-electron chi connectivity index (χ0n) is 13.1. The highest BCUT2D eigenvalue weighted by Gasteiger charge is 2.15. The van der Waals surface area contributed by atoms with Crippen LogP contribution in [0, 0.1) is 0 Å². The highest BCUT2D eigenvalue weighted by Crippen LogP contribution is 2.17. The van der Waals surface area contributed by atoms with Crippen molar-refractivity contribution in [2.75, 3.05) is 4.72 Å². The molecule has 23 heavy (non-hydrogen) atoms. The van der Waals surface area contributed by atoms with Crippen LogP contribution in [0.4, 0.5) is 5.69 Å². The summed E-state index contributed by atoms with van der Waals surface area (Å²) in [5.41, 5.74) is 0.768. The summed E-state index contributed by atoms with van der Waals surface area (Å²) in [7, 11) is -3.67. The zero-order valence-corrected chi connectivity index (χ0v) is 13.9. The van der Waals surface area contributed by atoms with Gasteiger partial charge in [0, 0.05) is 17.3 Å². The fourth-order valence-electron chi connectivity index (χ4n) is 1.95. The van der Waals surface area contributed by atoms with Crippen LogP contribution < -0.4 is 10.0 Å². The average molecular weight is 332 g/mol. The Morgan fingerprint density at radius 3 is 2.43 bits per heavy atom. The predicted octanol–water partition coefficient (Wildman–Crippen LogP) is 3.02. The molecule has 2 rings (SSSR count). The minimum Gasteiger partial charge on any atom is -0.350 e. The molecule has 5 nitrogen and oxygen atoms in total. The van der Waals surface area contributed by atoms with E-state index in [0.717, 1.165) is 6.42 Å². The van der Waals surface area contributed by atoms with E-state index in [0.29, 0.717) is 11.3 Å². The van der Waals surface area contributed by atoms with Gasteiger partial charge < -0.3 is 5.32 Å². The molecule has 1 unspecified atom stereocenters. The Labute approximate surface area is 136 Å². The van der Waals surface area contributed by atoms with Crippen LogP contribution in [0.15, 0.2) is 59.5 Å². The van der Waals surface area contributed by atoms with E-state index in [1.807, 2.05) is 13.8 Å². The molecule has 0 heterocycles. The van der Waals surface area contributed by atoms with E-state index in [2.05, 4.69) is 10.0 Å². The van der Waals surface area contributed by atoms with Crippen molar-refractivity contribution >= 4 is 21.6 Å². The average Bonchev–Trinajstić information content (AvgIpc) is 2.55. The van der Waals surface area contributed by atoms with Crippen molar-refractivity contribution in [3.8, 4) is 0 Å². The Morgan fingerprint density at radius 1 is 1.09 bits per heavy atom. The van der Waals surface area contributed by atoms with Crippen LogP contribution in [-0.4, -0.2) is 20.4 Å². The summed E-state index contributed by atoms with van der Waals surface area (Å²) >= 11 is 0. The van der Waals surface area contributed by atoms with Gasteiger partial charge in [0.2, 0.25) is 0 Å². The van der Waals surface area contributed by atoms with E-state index < -0.39 is 10.0 Å². The van der Waals surface area contributed by atoms with Gasteiger partial charge in [-0.2, -0.15) is 0 Å². The molecule has 1 amide bonds. The summed E-state index contributed by atoms with van der Waals surface area (Å²) < 4.78 is 27.1. The highest BCUT2D eigenvalue weighted by molar-refractivity contribution is 7.92. The van der Waals surface area contributed by atoms with Gasteiger partial charge in [0.15, 0.2) is 0 Å². The first kappa shape index (κ1) is 17.0. The minimum absolute atomic E-state index is 0.0622. The van der Waals surface area contributed by atoms with E-state index in [-0.39, 0.29) is 16.8 Å². The van der Waals surface area contributed by atoms with Gasteiger partial charge in [-0.25, -0.2) is 8.42 Å². The third kappa shape index (κ3) is 4.56. The lowest BCUT2D eigenvalue weighted by Crippen LogP contribution is -2.31. The first-order chi connectivity index (χ1) is 10.9. The van der Waals surface area contributed by atoms with Gasteiger partial charge in [-0.1, -0.05) is 31.2 Å². The molecule has 6 heteroatoms. The molecule has 0 saturated heterocycles. The molecule has 0 fully saturated rings. The maximum Gasteiger partial charge on any atom is 0.261 e. The molecule has 2 aromatic rings. The number of hydrogen-bond donors (Lipinski definition) is 2.